The van der Waals surface area contributed by atoms with Gasteiger partial charge in [0.05, 0.1) is 18.0 Å². The van der Waals surface area contributed by atoms with E-state index in [0.29, 0.717) is 24.3 Å². The summed E-state index contributed by atoms with van der Waals surface area (Å²) in [6.07, 6.45) is 3.03. The lowest BCUT2D eigenvalue weighted by molar-refractivity contribution is 0.0523. The SMILES string of the molecule is CCOC(=O)c1c(C)ncnc1CCc1ccccc1. The van der Waals surface area contributed by atoms with Gasteiger partial charge in [-0.1, -0.05) is 30.3 Å². The number of ether oxygens (including phenoxy) is 1. The van der Waals surface area contributed by atoms with Crippen LogP contribution in [0.25, 0.3) is 0 Å². The molecule has 0 aliphatic carbocycles. The van der Waals surface area contributed by atoms with Gasteiger partial charge < -0.3 is 4.74 Å². The molecule has 0 radical (unpaired) electrons. The quantitative estimate of drug-likeness (QED) is 0.784. The van der Waals surface area contributed by atoms with Crippen molar-refractivity contribution in [1.82, 2.24) is 9.97 Å². The second kappa shape index (κ2) is 6.80. The second-order valence-corrected chi connectivity index (χ2v) is 4.49. The van der Waals surface area contributed by atoms with E-state index in [9.17, 15) is 4.79 Å². The van der Waals surface area contributed by atoms with Crippen LogP contribution in [0, 0.1) is 6.92 Å². The van der Waals surface area contributed by atoms with Crippen molar-refractivity contribution in [3.8, 4) is 0 Å². The Morgan fingerprint density at radius 2 is 1.90 bits per heavy atom. The van der Waals surface area contributed by atoms with Crippen LogP contribution < -0.4 is 0 Å². The number of aromatic nitrogens is 2. The van der Waals surface area contributed by atoms with Crippen LogP contribution >= 0.6 is 0 Å². The van der Waals surface area contributed by atoms with E-state index in [1.807, 2.05) is 18.2 Å². The normalized spacial score (nSPS) is 10.3. The number of carbonyl (C=O) groups is 1. The Balaban J connectivity index is 2.19. The molecule has 1 aromatic carbocycles. The third-order valence-electron chi connectivity index (χ3n) is 3.09. The van der Waals surface area contributed by atoms with Crippen LogP contribution in [0.2, 0.25) is 0 Å². The highest BCUT2D eigenvalue weighted by Crippen LogP contribution is 2.14. The third kappa shape index (κ3) is 3.41. The number of hydrogen-bond acceptors (Lipinski definition) is 4. The summed E-state index contributed by atoms with van der Waals surface area (Å²) in [6.45, 7) is 3.95. The first-order valence-electron chi connectivity index (χ1n) is 6.74. The summed E-state index contributed by atoms with van der Waals surface area (Å²) in [6, 6.07) is 10.1. The van der Waals surface area contributed by atoms with E-state index in [4.69, 9.17) is 4.74 Å². The van der Waals surface area contributed by atoms with E-state index < -0.39 is 0 Å². The first-order valence-corrected chi connectivity index (χ1v) is 6.74. The van der Waals surface area contributed by atoms with Crippen molar-refractivity contribution in [2.45, 2.75) is 26.7 Å². The van der Waals surface area contributed by atoms with E-state index in [2.05, 4.69) is 22.1 Å². The van der Waals surface area contributed by atoms with Gasteiger partial charge in [-0.3, -0.25) is 0 Å². The van der Waals surface area contributed by atoms with Gasteiger partial charge in [0.15, 0.2) is 0 Å². The van der Waals surface area contributed by atoms with E-state index in [-0.39, 0.29) is 5.97 Å². The third-order valence-corrected chi connectivity index (χ3v) is 3.09. The summed E-state index contributed by atoms with van der Waals surface area (Å²) < 4.78 is 5.08. The number of nitrogens with zero attached hydrogens (tertiary/aromatic N) is 2. The molecule has 2 aromatic rings. The molecule has 0 atom stereocenters. The molecule has 1 heterocycles. The van der Waals surface area contributed by atoms with Gasteiger partial charge in [-0.2, -0.15) is 0 Å². The summed E-state index contributed by atoms with van der Waals surface area (Å²) in [5.74, 6) is -0.339. The average molecular weight is 270 g/mol. The number of rotatable bonds is 5. The minimum absolute atomic E-state index is 0.339. The minimum atomic E-state index is -0.339. The zero-order valence-corrected chi connectivity index (χ0v) is 11.8. The van der Waals surface area contributed by atoms with Crippen LogP contribution in [0.4, 0.5) is 0 Å². The number of carbonyl (C=O) groups excluding carboxylic acids is 1. The summed E-state index contributed by atoms with van der Waals surface area (Å²) in [4.78, 5) is 20.3. The zero-order chi connectivity index (χ0) is 14.4. The highest BCUT2D eigenvalue weighted by molar-refractivity contribution is 5.91. The second-order valence-electron chi connectivity index (χ2n) is 4.49. The maximum absolute atomic E-state index is 12.0. The Hall–Kier alpha value is -2.23. The van der Waals surface area contributed by atoms with Gasteiger partial charge in [-0.15, -0.1) is 0 Å². The molecule has 0 saturated heterocycles. The van der Waals surface area contributed by atoms with Crippen molar-refractivity contribution in [2.75, 3.05) is 6.61 Å². The molecular weight excluding hydrogens is 252 g/mol. The number of benzene rings is 1. The standard InChI is InChI=1S/C16H18N2O2/c1-3-20-16(19)15-12(2)17-11-18-14(15)10-9-13-7-5-4-6-8-13/h4-8,11H,3,9-10H2,1-2H3. The zero-order valence-electron chi connectivity index (χ0n) is 11.8. The van der Waals surface area contributed by atoms with Gasteiger partial charge >= 0.3 is 5.97 Å². The molecule has 2 rings (SSSR count). The lowest BCUT2D eigenvalue weighted by Crippen LogP contribution is -2.13. The predicted octanol–water partition coefficient (Wildman–Crippen LogP) is 2.75. The molecule has 4 heteroatoms. The fourth-order valence-corrected chi connectivity index (χ4v) is 2.09. The first-order chi connectivity index (χ1) is 9.72. The molecule has 0 amide bonds. The number of aryl methyl sites for hydroxylation is 3. The molecular formula is C16H18N2O2. The van der Waals surface area contributed by atoms with Gasteiger partial charge in [0, 0.05) is 0 Å². The number of esters is 1. The first kappa shape index (κ1) is 14.2. The van der Waals surface area contributed by atoms with Crippen molar-refractivity contribution in [3.05, 3.63) is 59.2 Å². The van der Waals surface area contributed by atoms with Gasteiger partial charge in [-0.25, -0.2) is 14.8 Å². The molecule has 0 N–H and O–H groups in total. The topological polar surface area (TPSA) is 52.1 Å². The van der Waals surface area contributed by atoms with Crippen molar-refractivity contribution in [2.24, 2.45) is 0 Å². The monoisotopic (exact) mass is 270 g/mol. The molecule has 0 aliphatic rings. The highest BCUT2D eigenvalue weighted by atomic mass is 16.5. The molecule has 0 saturated carbocycles. The molecule has 0 fully saturated rings. The van der Waals surface area contributed by atoms with Crippen LogP contribution in [-0.2, 0) is 17.6 Å². The molecule has 0 bridgehead atoms. The van der Waals surface area contributed by atoms with Gasteiger partial charge in [-0.05, 0) is 32.3 Å². The van der Waals surface area contributed by atoms with Crippen molar-refractivity contribution in [1.29, 1.82) is 0 Å². The summed E-state index contributed by atoms with van der Waals surface area (Å²) in [5, 5.41) is 0. The van der Waals surface area contributed by atoms with Crippen LogP contribution in [0.15, 0.2) is 36.7 Å². The van der Waals surface area contributed by atoms with Crippen LogP contribution in [0.3, 0.4) is 0 Å². The molecule has 0 unspecified atom stereocenters. The molecule has 0 aliphatic heterocycles. The Morgan fingerprint density at radius 3 is 2.60 bits per heavy atom. The van der Waals surface area contributed by atoms with Crippen molar-refractivity contribution >= 4 is 5.97 Å². The largest absolute Gasteiger partial charge is 0.462 e. The lowest BCUT2D eigenvalue weighted by atomic mass is 10.0. The summed E-state index contributed by atoms with van der Waals surface area (Å²) in [7, 11) is 0. The molecule has 104 valence electrons. The Bertz CT molecular complexity index is 582. The lowest BCUT2D eigenvalue weighted by Gasteiger charge is -2.09. The average Bonchev–Trinajstić information content (AvgIpc) is 2.46. The van der Waals surface area contributed by atoms with Gasteiger partial charge in [0.25, 0.3) is 0 Å². The molecule has 4 nitrogen and oxygen atoms in total. The van der Waals surface area contributed by atoms with Crippen molar-refractivity contribution in [3.63, 3.8) is 0 Å². The Labute approximate surface area is 118 Å². The molecule has 20 heavy (non-hydrogen) atoms. The van der Waals surface area contributed by atoms with E-state index in [0.717, 1.165) is 12.1 Å². The Kier molecular flexibility index (Phi) is 4.82. The smallest absolute Gasteiger partial charge is 0.341 e. The minimum Gasteiger partial charge on any atom is -0.462 e. The van der Waals surface area contributed by atoms with Gasteiger partial charge in [0.1, 0.15) is 11.9 Å². The fourth-order valence-electron chi connectivity index (χ4n) is 2.09. The van der Waals surface area contributed by atoms with Crippen LogP contribution in [-0.4, -0.2) is 22.5 Å². The van der Waals surface area contributed by atoms with Crippen LogP contribution in [0.5, 0.6) is 0 Å². The molecule has 1 aromatic heterocycles. The van der Waals surface area contributed by atoms with E-state index >= 15 is 0 Å². The summed E-state index contributed by atoms with van der Waals surface area (Å²) in [5.41, 5.74) is 3.14. The number of hydrogen-bond donors (Lipinski definition) is 0. The van der Waals surface area contributed by atoms with Crippen LogP contribution in [0.1, 0.15) is 34.2 Å². The summed E-state index contributed by atoms with van der Waals surface area (Å²) >= 11 is 0. The maximum Gasteiger partial charge on any atom is 0.341 e. The van der Waals surface area contributed by atoms with E-state index in [1.54, 1.807) is 13.8 Å². The van der Waals surface area contributed by atoms with Gasteiger partial charge in [0.2, 0.25) is 0 Å². The van der Waals surface area contributed by atoms with Crippen molar-refractivity contribution < 1.29 is 9.53 Å². The van der Waals surface area contributed by atoms with E-state index in [1.165, 1.54) is 11.9 Å². The maximum atomic E-state index is 12.0. The fraction of sp³-hybridized carbons (Fsp3) is 0.312. The molecule has 0 spiro atoms. The Morgan fingerprint density at radius 1 is 1.15 bits per heavy atom. The predicted molar refractivity (Wildman–Crippen MR) is 76.6 cm³/mol. The highest BCUT2D eigenvalue weighted by Gasteiger charge is 2.17.